The van der Waals surface area contributed by atoms with Gasteiger partial charge in [0.15, 0.2) is 0 Å². The molecular formula is C6H13O3. The lowest BCUT2D eigenvalue weighted by Gasteiger charge is -1.98. The molecule has 0 bridgehead atoms. The van der Waals surface area contributed by atoms with E-state index < -0.39 is 0 Å². The molecule has 0 atom stereocenters. The van der Waals surface area contributed by atoms with Gasteiger partial charge in [0.25, 0.3) is 0 Å². The Morgan fingerprint density at radius 1 is 1.22 bits per heavy atom. The van der Waals surface area contributed by atoms with Crippen LogP contribution in [0, 0.1) is 0 Å². The summed E-state index contributed by atoms with van der Waals surface area (Å²) in [6.45, 7) is 1.03. The first-order valence-corrected chi connectivity index (χ1v) is 3.18. The second kappa shape index (κ2) is 7.88. The molecule has 0 fully saturated rings. The molecule has 0 unspecified atom stereocenters. The van der Waals surface area contributed by atoms with Crippen molar-refractivity contribution in [3.05, 3.63) is 0 Å². The normalized spacial score (nSPS) is 10.0. The lowest BCUT2D eigenvalue weighted by atomic mass is 10.3. The maximum atomic E-state index is 9.86. The monoisotopic (exact) mass is 133 g/mol. The van der Waals surface area contributed by atoms with Gasteiger partial charge in [0.2, 0.25) is 0 Å². The van der Waals surface area contributed by atoms with Crippen LogP contribution in [-0.4, -0.2) is 31.5 Å². The number of aliphatic hydroxyl groups excluding tert-OH is 1. The van der Waals surface area contributed by atoms with Crippen LogP contribution in [0.2, 0.25) is 0 Å². The summed E-state index contributed by atoms with van der Waals surface area (Å²) in [6.07, 6.45) is 1.48. The van der Waals surface area contributed by atoms with Crippen molar-refractivity contribution in [2.24, 2.45) is 0 Å². The third-order valence-corrected chi connectivity index (χ3v) is 0.919. The fraction of sp³-hybridized carbons (Fsp3) is 1.00. The number of hydrogen-bond donors (Lipinski definition) is 1. The second-order valence-electron chi connectivity index (χ2n) is 1.75. The third-order valence-electron chi connectivity index (χ3n) is 0.919. The first kappa shape index (κ1) is 8.88. The summed E-state index contributed by atoms with van der Waals surface area (Å²) in [7, 11) is 0. The van der Waals surface area contributed by atoms with Gasteiger partial charge < -0.3 is 9.84 Å². The predicted molar refractivity (Wildman–Crippen MR) is 32.7 cm³/mol. The lowest BCUT2D eigenvalue weighted by molar-refractivity contribution is 0.0838. The van der Waals surface area contributed by atoms with E-state index in [0.29, 0.717) is 19.6 Å². The standard InChI is InChI=1S/C6H13O3/c7-3-1-2-5-9-6-4-8/h8H,1-6H2. The van der Waals surface area contributed by atoms with Crippen LogP contribution < -0.4 is 0 Å². The van der Waals surface area contributed by atoms with Crippen molar-refractivity contribution in [3.63, 3.8) is 0 Å². The zero-order valence-electron chi connectivity index (χ0n) is 5.51. The highest BCUT2D eigenvalue weighted by atomic mass is 16.5. The van der Waals surface area contributed by atoms with Gasteiger partial charge in [0.1, 0.15) is 0 Å². The van der Waals surface area contributed by atoms with Crippen molar-refractivity contribution in [1.82, 2.24) is 0 Å². The van der Waals surface area contributed by atoms with Crippen LogP contribution in [0.15, 0.2) is 0 Å². The van der Waals surface area contributed by atoms with Gasteiger partial charge in [-0.15, -0.1) is 0 Å². The van der Waals surface area contributed by atoms with Crippen molar-refractivity contribution in [2.45, 2.75) is 12.8 Å². The van der Waals surface area contributed by atoms with Gasteiger partial charge in [-0.05, 0) is 12.8 Å². The summed E-state index contributed by atoms with van der Waals surface area (Å²) in [6, 6.07) is 0. The van der Waals surface area contributed by atoms with Crippen molar-refractivity contribution in [3.8, 4) is 0 Å². The van der Waals surface area contributed by atoms with Crippen molar-refractivity contribution < 1.29 is 14.9 Å². The molecule has 0 amide bonds. The van der Waals surface area contributed by atoms with E-state index in [-0.39, 0.29) is 13.2 Å². The molecule has 0 aliphatic rings. The van der Waals surface area contributed by atoms with E-state index >= 15 is 0 Å². The number of rotatable bonds is 6. The molecular weight excluding hydrogens is 120 g/mol. The van der Waals surface area contributed by atoms with Crippen LogP contribution in [0.5, 0.6) is 0 Å². The van der Waals surface area contributed by atoms with Gasteiger partial charge in [0, 0.05) is 6.61 Å². The summed E-state index contributed by atoms with van der Waals surface area (Å²) in [5, 5.41) is 18.1. The maximum Gasteiger partial charge on any atom is 0.0823 e. The molecule has 0 aromatic heterocycles. The molecule has 3 heteroatoms. The van der Waals surface area contributed by atoms with Gasteiger partial charge in [-0.2, -0.15) is 0 Å². The third kappa shape index (κ3) is 7.88. The van der Waals surface area contributed by atoms with Gasteiger partial charge in [-0.1, -0.05) is 0 Å². The van der Waals surface area contributed by atoms with Crippen molar-refractivity contribution >= 4 is 0 Å². The highest BCUT2D eigenvalue weighted by Crippen LogP contribution is 1.87. The molecule has 0 aromatic carbocycles. The van der Waals surface area contributed by atoms with Gasteiger partial charge in [-0.25, -0.2) is 5.11 Å². The molecule has 0 aromatic rings. The minimum atomic E-state index is -0.0253. The molecule has 0 saturated heterocycles. The highest BCUT2D eigenvalue weighted by molar-refractivity contribution is 4.35. The summed E-state index contributed by atoms with van der Waals surface area (Å²) in [5.74, 6) is 0. The first-order valence-electron chi connectivity index (χ1n) is 3.18. The smallest absolute Gasteiger partial charge is 0.0823 e. The lowest BCUT2D eigenvalue weighted by Crippen LogP contribution is -2.00. The van der Waals surface area contributed by atoms with Crippen molar-refractivity contribution in [2.75, 3.05) is 26.4 Å². The minimum absolute atomic E-state index is 0.0253. The Morgan fingerprint density at radius 2 is 2.00 bits per heavy atom. The van der Waals surface area contributed by atoms with Gasteiger partial charge >= 0.3 is 0 Å². The highest BCUT2D eigenvalue weighted by Gasteiger charge is 1.86. The van der Waals surface area contributed by atoms with E-state index in [1.807, 2.05) is 0 Å². The van der Waals surface area contributed by atoms with E-state index in [2.05, 4.69) is 0 Å². The van der Waals surface area contributed by atoms with Crippen molar-refractivity contribution in [1.29, 1.82) is 0 Å². The van der Waals surface area contributed by atoms with E-state index in [1.54, 1.807) is 0 Å². The number of aliphatic hydroxyl groups is 1. The SMILES string of the molecule is [O]CCCCOCCO. The zero-order valence-corrected chi connectivity index (χ0v) is 5.51. The largest absolute Gasteiger partial charge is 0.394 e. The summed E-state index contributed by atoms with van der Waals surface area (Å²) in [5.41, 5.74) is 0. The van der Waals surface area contributed by atoms with E-state index in [0.717, 1.165) is 6.42 Å². The van der Waals surface area contributed by atoms with E-state index in [1.165, 1.54) is 0 Å². The molecule has 0 aliphatic heterocycles. The average Bonchev–Trinajstić information content (AvgIpc) is 1.89. The van der Waals surface area contributed by atoms with Crippen LogP contribution >= 0.6 is 0 Å². The Morgan fingerprint density at radius 3 is 2.56 bits per heavy atom. The van der Waals surface area contributed by atoms with Crippen LogP contribution in [0.4, 0.5) is 0 Å². The topological polar surface area (TPSA) is 49.4 Å². The summed E-state index contributed by atoms with van der Waals surface area (Å²) in [4.78, 5) is 0. The molecule has 0 saturated carbocycles. The molecule has 55 valence electrons. The molecule has 0 heterocycles. The van der Waals surface area contributed by atoms with Crippen LogP contribution in [0.25, 0.3) is 0 Å². The Hall–Kier alpha value is -0.120. The second-order valence-corrected chi connectivity index (χ2v) is 1.75. The van der Waals surface area contributed by atoms with E-state index in [9.17, 15) is 5.11 Å². The molecule has 0 rings (SSSR count). The maximum absolute atomic E-state index is 9.86. The Bertz CT molecular complexity index is 41.6. The molecule has 1 radical (unpaired) electrons. The Balaban J connectivity index is 2.60. The summed E-state index contributed by atoms with van der Waals surface area (Å²) < 4.78 is 4.90. The molecule has 0 spiro atoms. The van der Waals surface area contributed by atoms with E-state index in [4.69, 9.17) is 9.84 Å². The molecule has 9 heavy (non-hydrogen) atoms. The fourth-order valence-corrected chi connectivity index (χ4v) is 0.473. The molecule has 0 aliphatic carbocycles. The quantitative estimate of drug-likeness (QED) is 0.526. The summed E-state index contributed by atoms with van der Waals surface area (Å²) >= 11 is 0. The van der Waals surface area contributed by atoms with Gasteiger partial charge in [0.05, 0.1) is 19.8 Å². The minimum Gasteiger partial charge on any atom is -0.394 e. The average molecular weight is 133 g/mol. The van der Waals surface area contributed by atoms with Gasteiger partial charge in [-0.3, -0.25) is 0 Å². The van der Waals surface area contributed by atoms with Crippen LogP contribution in [0.3, 0.4) is 0 Å². The molecule has 1 N–H and O–H groups in total. The van der Waals surface area contributed by atoms with Crippen LogP contribution in [0.1, 0.15) is 12.8 Å². The number of ether oxygens (including phenoxy) is 1. The number of hydrogen-bond acceptors (Lipinski definition) is 2. The zero-order chi connectivity index (χ0) is 6.95. The predicted octanol–water partition coefficient (Wildman–Crippen LogP) is 0.206. The van der Waals surface area contributed by atoms with Crippen LogP contribution in [-0.2, 0) is 9.84 Å². The Labute approximate surface area is 55.3 Å². The Kier molecular flexibility index (Phi) is 7.77. The molecule has 3 nitrogen and oxygen atoms in total. The number of unbranched alkanes of at least 4 members (excludes halogenated alkanes) is 1. The fourth-order valence-electron chi connectivity index (χ4n) is 0.473. The first-order chi connectivity index (χ1) is 4.41.